The predicted octanol–water partition coefficient (Wildman–Crippen LogP) is 1.35. The van der Waals surface area contributed by atoms with E-state index in [4.69, 9.17) is 9.52 Å². The lowest BCUT2D eigenvalue weighted by Crippen LogP contribution is -2.29. The molecule has 1 amide bonds. The first-order chi connectivity index (χ1) is 8.16. The Morgan fingerprint density at radius 1 is 1.53 bits per heavy atom. The first kappa shape index (κ1) is 12.0. The highest BCUT2D eigenvalue weighted by Crippen LogP contribution is 2.23. The van der Waals surface area contributed by atoms with Crippen LogP contribution in [0.1, 0.15) is 22.7 Å². The molecule has 92 valence electrons. The molecule has 1 aliphatic heterocycles. The SMILES string of the molecule is O=C(O)c1ccc(CNC(=O)C2CCSC2)o1. The molecule has 0 bridgehead atoms. The van der Waals surface area contributed by atoms with Crippen molar-refractivity contribution in [2.75, 3.05) is 11.5 Å². The minimum atomic E-state index is -1.10. The molecule has 2 N–H and O–H groups in total. The van der Waals surface area contributed by atoms with E-state index in [2.05, 4.69) is 5.32 Å². The van der Waals surface area contributed by atoms with Crippen molar-refractivity contribution in [2.24, 2.45) is 5.92 Å². The third kappa shape index (κ3) is 3.03. The second kappa shape index (κ2) is 5.27. The van der Waals surface area contributed by atoms with Gasteiger partial charge in [0.2, 0.25) is 11.7 Å². The van der Waals surface area contributed by atoms with Gasteiger partial charge in [0.15, 0.2) is 0 Å². The molecule has 0 aliphatic carbocycles. The molecule has 1 fully saturated rings. The fraction of sp³-hybridized carbons (Fsp3) is 0.455. The summed E-state index contributed by atoms with van der Waals surface area (Å²) in [5.74, 6) is 1.24. The minimum Gasteiger partial charge on any atom is -0.475 e. The van der Waals surface area contributed by atoms with Crippen LogP contribution in [0.2, 0.25) is 0 Å². The molecule has 0 aromatic carbocycles. The van der Waals surface area contributed by atoms with Gasteiger partial charge in [-0.15, -0.1) is 0 Å². The summed E-state index contributed by atoms with van der Waals surface area (Å²) in [6.45, 7) is 0.243. The third-order valence-corrected chi connectivity index (χ3v) is 3.77. The Morgan fingerprint density at radius 2 is 2.35 bits per heavy atom. The number of hydrogen-bond acceptors (Lipinski definition) is 4. The maximum Gasteiger partial charge on any atom is 0.371 e. The second-order valence-electron chi connectivity index (χ2n) is 3.85. The molecule has 0 spiro atoms. The summed E-state index contributed by atoms with van der Waals surface area (Å²) in [5.41, 5.74) is 0. The number of hydrogen-bond donors (Lipinski definition) is 2. The van der Waals surface area contributed by atoms with Gasteiger partial charge in [-0.2, -0.15) is 11.8 Å². The third-order valence-electron chi connectivity index (χ3n) is 2.61. The van der Waals surface area contributed by atoms with Gasteiger partial charge in [-0.1, -0.05) is 0 Å². The summed E-state index contributed by atoms with van der Waals surface area (Å²) >= 11 is 1.78. The molecule has 0 radical (unpaired) electrons. The lowest BCUT2D eigenvalue weighted by Gasteiger charge is -2.08. The van der Waals surface area contributed by atoms with Crippen LogP contribution in [0, 0.1) is 5.92 Å². The molecule has 1 atom stereocenters. The molecule has 2 rings (SSSR count). The average Bonchev–Trinajstić information content (AvgIpc) is 2.97. The number of thioether (sulfide) groups is 1. The van der Waals surface area contributed by atoms with E-state index in [1.165, 1.54) is 6.07 Å². The van der Waals surface area contributed by atoms with Crippen LogP contribution in [0.15, 0.2) is 16.5 Å². The number of carboxylic acids is 1. The molecule has 1 aromatic heterocycles. The number of amides is 1. The molecular weight excluding hydrogens is 242 g/mol. The topological polar surface area (TPSA) is 79.5 Å². The highest BCUT2D eigenvalue weighted by molar-refractivity contribution is 7.99. The van der Waals surface area contributed by atoms with Gasteiger partial charge in [0.25, 0.3) is 0 Å². The lowest BCUT2D eigenvalue weighted by molar-refractivity contribution is -0.124. The highest BCUT2D eigenvalue weighted by atomic mass is 32.2. The Hall–Kier alpha value is -1.43. The Labute approximate surface area is 103 Å². The normalized spacial score (nSPS) is 19.2. The largest absolute Gasteiger partial charge is 0.475 e. The van der Waals surface area contributed by atoms with E-state index >= 15 is 0 Å². The van der Waals surface area contributed by atoms with Crippen LogP contribution in [-0.4, -0.2) is 28.5 Å². The van der Waals surface area contributed by atoms with E-state index in [9.17, 15) is 9.59 Å². The van der Waals surface area contributed by atoms with E-state index in [1.54, 1.807) is 17.8 Å². The lowest BCUT2D eigenvalue weighted by atomic mass is 10.1. The number of carbonyl (C=O) groups is 2. The Kier molecular flexibility index (Phi) is 3.73. The van der Waals surface area contributed by atoms with Crippen LogP contribution in [0.5, 0.6) is 0 Å². The van der Waals surface area contributed by atoms with Crippen molar-refractivity contribution >= 4 is 23.6 Å². The van der Waals surface area contributed by atoms with Crippen molar-refractivity contribution in [3.63, 3.8) is 0 Å². The number of aromatic carboxylic acids is 1. The molecule has 1 aliphatic rings. The minimum absolute atomic E-state index is 0.0169. The van der Waals surface area contributed by atoms with Crippen molar-refractivity contribution in [1.29, 1.82) is 0 Å². The molecule has 1 aromatic rings. The summed E-state index contributed by atoms with van der Waals surface area (Å²) in [6, 6.07) is 2.95. The fourth-order valence-electron chi connectivity index (χ4n) is 1.65. The summed E-state index contributed by atoms with van der Waals surface area (Å²) < 4.78 is 5.04. The van der Waals surface area contributed by atoms with Crippen LogP contribution < -0.4 is 5.32 Å². The van der Waals surface area contributed by atoms with E-state index in [0.717, 1.165) is 17.9 Å². The van der Waals surface area contributed by atoms with Gasteiger partial charge in [-0.25, -0.2) is 4.79 Å². The van der Waals surface area contributed by atoms with Crippen LogP contribution in [0.4, 0.5) is 0 Å². The zero-order valence-electron chi connectivity index (χ0n) is 9.14. The summed E-state index contributed by atoms with van der Waals surface area (Å²) in [5, 5.41) is 11.4. The number of carboxylic acid groups (broad SMARTS) is 1. The van der Waals surface area contributed by atoms with E-state index < -0.39 is 5.97 Å². The quantitative estimate of drug-likeness (QED) is 0.849. The van der Waals surface area contributed by atoms with Gasteiger partial charge in [-0.05, 0) is 24.3 Å². The number of carbonyl (C=O) groups excluding carboxylic acids is 1. The molecule has 17 heavy (non-hydrogen) atoms. The first-order valence-electron chi connectivity index (χ1n) is 5.34. The molecule has 6 heteroatoms. The van der Waals surface area contributed by atoms with Crippen molar-refractivity contribution in [3.8, 4) is 0 Å². The van der Waals surface area contributed by atoms with Crippen LogP contribution >= 0.6 is 11.8 Å². The van der Waals surface area contributed by atoms with Gasteiger partial charge >= 0.3 is 5.97 Å². The molecular formula is C11H13NO4S. The Balaban J connectivity index is 1.84. The smallest absolute Gasteiger partial charge is 0.371 e. The van der Waals surface area contributed by atoms with Gasteiger partial charge in [0, 0.05) is 11.7 Å². The first-order valence-corrected chi connectivity index (χ1v) is 6.50. The molecule has 0 saturated carbocycles. The molecule has 5 nitrogen and oxygen atoms in total. The predicted molar refractivity (Wildman–Crippen MR) is 62.9 cm³/mol. The van der Waals surface area contributed by atoms with Gasteiger partial charge in [0.05, 0.1) is 6.54 Å². The van der Waals surface area contributed by atoms with Gasteiger partial charge < -0.3 is 14.8 Å². The van der Waals surface area contributed by atoms with Crippen molar-refractivity contribution < 1.29 is 19.1 Å². The maximum atomic E-state index is 11.7. The van der Waals surface area contributed by atoms with Crippen LogP contribution in [0.3, 0.4) is 0 Å². The number of nitrogens with one attached hydrogen (secondary N) is 1. The molecule has 2 heterocycles. The molecule has 1 saturated heterocycles. The van der Waals surface area contributed by atoms with Crippen molar-refractivity contribution in [2.45, 2.75) is 13.0 Å². The highest BCUT2D eigenvalue weighted by Gasteiger charge is 2.23. The zero-order valence-corrected chi connectivity index (χ0v) is 9.96. The van der Waals surface area contributed by atoms with Crippen LogP contribution in [0.25, 0.3) is 0 Å². The number of rotatable bonds is 4. The monoisotopic (exact) mass is 255 g/mol. The van der Waals surface area contributed by atoms with Crippen molar-refractivity contribution in [3.05, 3.63) is 23.7 Å². The molecule has 1 unspecified atom stereocenters. The Morgan fingerprint density at radius 3 is 2.94 bits per heavy atom. The van der Waals surface area contributed by atoms with Gasteiger partial charge in [-0.3, -0.25) is 4.79 Å². The standard InChI is InChI=1S/C11H13NO4S/c13-10(7-3-4-17-6-7)12-5-8-1-2-9(16-8)11(14)15/h1-2,7H,3-6H2,(H,12,13)(H,14,15). The van der Waals surface area contributed by atoms with E-state index in [-0.39, 0.29) is 24.1 Å². The summed E-state index contributed by atoms with van der Waals surface area (Å²) in [7, 11) is 0. The van der Waals surface area contributed by atoms with Gasteiger partial charge in [0.1, 0.15) is 5.76 Å². The number of furan rings is 1. The Bertz CT molecular complexity index is 423. The fourth-order valence-corrected chi connectivity index (χ4v) is 2.87. The van der Waals surface area contributed by atoms with Crippen molar-refractivity contribution in [1.82, 2.24) is 5.32 Å². The van der Waals surface area contributed by atoms with E-state index in [0.29, 0.717) is 5.76 Å². The maximum absolute atomic E-state index is 11.7. The zero-order chi connectivity index (χ0) is 12.3. The second-order valence-corrected chi connectivity index (χ2v) is 5.00. The van der Waals surface area contributed by atoms with E-state index in [1.807, 2.05) is 0 Å². The van der Waals surface area contributed by atoms with Crippen LogP contribution in [-0.2, 0) is 11.3 Å². The summed E-state index contributed by atoms with van der Waals surface area (Å²) in [6.07, 6.45) is 0.912. The summed E-state index contributed by atoms with van der Waals surface area (Å²) in [4.78, 5) is 22.3. The average molecular weight is 255 g/mol.